The number of rotatable bonds is 8. The van der Waals surface area contributed by atoms with Crippen molar-refractivity contribution in [1.29, 1.82) is 0 Å². The van der Waals surface area contributed by atoms with E-state index in [0.717, 1.165) is 26.3 Å². The molecule has 0 aliphatic carbocycles. The fourth-order valence-electron chi connectivity index (χ4n) is 1.62. The summed E-state index contributed by atoms with van der Waals surface area (Å²) in [5, 5.41) is 0. The first-order valence-corrected chi connectivity index (χ1v) is 5.60. The molecule has 1 aliphatic rings. The van der Waals surface area contributed by atoms with Gasteiger partial charge in [0.2, 0.25) is 0 Å². The lowest BCUT2D eigenvalue weighted by Crippen LogP contribution is -3.00. The summed E-state index contributed by atoms with van der Waals surface area (Å²) in [5.41, 5.74) is 3.70. The minimum Gasteiger partial charge on any atom is -1.00 e. The Kier molecular flexibility index (Phi) is 10.7. The second-order valence-corrected chi connectivity index (χ2v) is 3.63. The van der Waals surface area contributed by atoms with E-state index in [1.807, 2.05) is 0 Å². The molecule has 5 heteroatoms. The van der Waals surface area contributed by atoms with Crippen LogP contribution >= 0.6 is 0 Å². The molecular weight excluding hydrogens is 216 g/mol. The van der Waals surface area contributed by atoms with Crippen LogP contribution in [-0.4, -0.2) is 57.5 Å². The Balaban J connectivity index is 0. The van der Waals surface area contributed by atoms with Gasteiger partial charge in [0.15, 0.2) is 0 Å². The summed E-state index contributed by atoms with van der Waals surface area (Å²) in [6, 6.07) is 0. The number of nitrogens with zero attached hydrogens (tertiary/aromatic N) is 1. The van der Waals surface area contributed by atoms with E-state index < -0.39 is 0 Å². The van der Waals surface area contributed by atoms with Gasteiger partial charge in [0, 0.05) is 7.97 Å². The Hall–Kier alpha value is 0.130. The fourth-order valence-corrected chi connectivity index (χ4v) is 1.62. The molecule has 0 aromatic carbocycles. The van der Waals surface area contributed by atoms with E-state index >= 15 is 0 Å². The molecule has 0 radical (unpaired) electrons. The van der Waals surface area contributed by atoms with Crippen molar-refractivity contribution >= 4 is 0 Å². The van der Waals surface area contributed by atoms with Crippen LogP contribution in [0.3, 0.4) is 0 Å². The predicted octanol–water partition coefficient (Wildman–Crippen LogP) is -3.39. The van der Waals surface area contributed by atoms with Gasteiger partial charge >= 0.3 is 0 Å². The molecule has 0 bridgehead atoms. The molecule has 1 saturated heterocycles. The second-order valence-electron chi connectivity index (χ2n) is 3.63. The van der Waals surface area contributed by atoms with Gasteiger partial charge < -0.3 is 32.5 Å². The normalized spacial score (nSPS) is 16.6. The topological polar surface area (TPSA) is 49.3 Å². The molecule has 1 heterocycles. The molecule has 0 atom stereocenters. The lowest BCUT2D eigenvalue weighted by atomic mass is 10.4. The van der Waals surface area contributed by atoms with E-state index in [4.69, 9.17) is 9.47 Å². The molecule has 3 N–H and O–H groups in total. The van der Waals surface area contributed by atoms with Crippen LogP contribution < -0.4 is 18.1 Å². The van der Waals surface area contributed by atoms with Crippen LogP contribution in [0.2, 0.25) is 0 Å². The van der Waals surface area contributed by atoms with Gasteiger partial charge in [-0.25, -0.2) is 0 Å². The van der Waals surface area contributed by atoms with Crippen molar-refractivity contribution in [3.63, 3.8) is 0 Å². The van der Waals surface area contributed by atoms with Crippen molar-refractivity contribution in [2.75, 3.05) is 52.6 Å². The molecule has 4 nitrogen and oxygen atoms in total. The molecule has 1 rings (SSSR count). The summed E-state index contributed by atoms with van der Waals surface area (Å²) >= 11 is 0. The number of likely N-dealkylation sites (tertiary alicyclic amines) is 1. The molecule has 0 saturated carbocycles. The maximum atomic E-state index is 5.46. The van der Waals surface area contributed by atoms with Crippen molar-refractivity contribution in [2.24, 2.45) is 0 Å². The zero-order chi connectivity index (χ0) is 10.1. The summed E-state index contributed by atoms with van der Waals surface area (Å²) in [4.78, 5) is 2.46. The highest BCUT2D eigenvalue weighted by atomic mass is 35.5. The first-order chi connectivity index (χ1) is 6.93. The fraction of sp³-hybridized carbons (Fsp3) is 1.00. The van der Waals surface area contributed by atoms with Gasteiger partial charge in [0.25, 0.3) is 0 Å². The first kappa shape index (κ1) is 15.1. The summed E-state index contributed by atoms with van der Waals surface area (Å²) < 4.78 is 10.7. The Bertz CT molecular complexity index is 138. The monoisotopic (exact) mass is 242 g/mol. The maximum absolute atomic E-state index is 5.46. The number of hydrogen-bond donors (Lipinski definition) is 1. The van der Waals surface area contributed by atoms with Crippen LogP contribution in [-0.2, 0) is 9.47 Å². The van der Waals surface area contributed by atoms with E-state index in [-0.39, 0.29) is 13.8 Å². The average molecular weight is 243 g/mol. The smallest absolute Gasteiger partial charge is 0.0977 e. The van der Waals surface area contributed by atoms with Crippen LogP contribution in [0, 0.1) is 0 Å². The number of quaternary nitrogens is 1. The molecule has 1 aliphatic heterocycles. The molecule has 15 heavy (non-hydrogen) atoms. The minimum atomic E-state index is 0. The molecule has 0 unspecified atom stereocenters. The zero-order valence-corrected chi connectivity index (χ0v) is 10.2. The van der Waals surface area contributed by atoms with Crippen molar-refractivity contribution in [3.05, 3.63) is 0 Å². The van der Waals surface area contributed by atoms with Crippen LogP contribution in [0.15, 0.2) is 0 Å². The largest absolute Gasteiger partial charge is 1.00 e. The Morgan fingerprint density at radius 2 is 1.60 bits per heavy atom. The van der Waals surface area contributed by atoms with Crippen molar-refractivity contribution in [2.45, 2.75) is 12.8 Å². The number of ether oxygens (including phenoxy) is 2. The lowest BCUT2D eigenvalue weighted by Gasteiger charge is -2.14. The third kappa shape index (κ3) is 7.99. The Morgan fingerprint density at radius 3 is 2.20 bits per heavy atom. The van der Waals surface area contributed by atoms with Crippen molar-refractivity contribution in [1.82, 2.24) is 4.90 Å². The van der Waals surface area contributed by atoms with E-state index in [1.165, 1.54) is 25.9 Å². The minimum absolute atomic E-state index is 0. The quantitative estimate of drug-likeness (QED) is 0.452. The van der Waals surface area contributed by atoms with Gasteiger partial charge in [-0.05, 0) is 25.9 Å². The van der Waals surface area contributed by atoms with Gasteiger partial charge in [0.1, 0.15) is 0 Å². The highest BCUT2D eigenvalue weighted by Gasteiger charge is 2.09. The first-order valence-electron chi connectivity index (χ1n) is 5.60. The van der Waals surface area contributed by atoms with Crippen LogP contribution in [0.25, 0.3) is 0 Å². The highest BCUT2D eigenvalue weighted by molar-refractivity contribution is 4.64. The molecular formula is C10H25ClN2O2. The molecule has 0 spiro atoms. The van der Waals surface area contributed by atoms with Crippen molar-refractivity contribution in [3.8, 4) is 0 Å². The summed E-state index contributed by atoms with van der Waals surface area (Å²) in [6.45, 7) is 7.43. The Morgan fingerprint density at radius 1 is 1.00 bits per heavy atom. The predicted molar refractivity (Wildman–Crippen MR) is 57.2 cm³/mol. The lowest BCUT2D eigenvalue weighted by molar-refractivity contribution is -0.374. The van der Waals surface area contributed by atoms with Crippen molar-refractivity contribution < 1.29 is 29.0 Å². The van der Waals surface area contributed by atoms with E-state index in [1.54, 1.807) is 0 Å². The number of halogens is 1. The zero-order valence-electron chi connectivity index (χ0n) is 9.42. The van der Waals surface area contributed by atoms with Gasteiger partial charge in [0.05, 0.1) is 33.0 Å². The third-order valence-electron chi connectivity index (χ3n) is 2.41. The number of hydrogen-bond acceptors (Lipinski definition) is 3. The maximum Gasteiger partial charge on any atom is 0.0977 e. The van der Waals surface area contributed by atoms with E-state index in [2.05, 4.69) is 10.6 Å². The van der Waals surface area contributed by atoms with Gasteiger partial charge in [-0.2, -0.15) is 0 Å². The van der Waals surface area contributed by atoms with E-state index in [0.29, 0.717) is 13.2 Å². The molecule has 94 valence electrons. The van der Waals surface area contributed by atoms with Gasteiger partial charge in [-0.3, -0.25) is 0 Å². The van der Waals surface area contributed by atoms with Gasteiger partial charge in [-0.1, -0.05) is 0 Å². The standard InChI is InChI=1S/C10H22N2O2.ClH.H2/c11-3-7-13-9-10-14-8-6-12-4-1-2-5-12;;/h1-11H2;2*1H/i;;1+2. The molecule has 0 amide bonds. The molecule has 0 aromatic rings. The highest BCUT2D eigenvalue weighted by Crippen LogP contribution is 2.05. The summed E-state index contributed by atoms with van der Waals surface area (Å²) in [7, 11) is 0. The molecule has 1 fully saturated rings. The third-order valence-corrected chi connectivity index (χ3v) is 2.41. The van der Waals surface area contributed by atoms with E-state index in [9.17, 15) is 0 Å². The summed E-state index contributed by atoms with van der Waals surface area (Å²) in [5.74, 6) is 0. The van der Waals surface area contributed by atoms with Crippen LogP contribution in [0.4, 0.5) is 0 Å². The summed E-state index contributed by atoms with van der Waals surface area (Å²) in [6.07, 6.45) is 2.71. The van der Waals surface area contributed by atoms with Crippen LogP contribution in [0.1, 0.15) is 14.3 Å². The Labute approximate surface area is 100.0 Å². The molecule has 0 aromatic heterocycles. The SMILES string of the molecule is [3HH].[Cl-].[NH3+]CCOCCOCCN1CCCC1. The average Bonchev–Trinajstić information content (AvgIpc) is 2.69. The second kappa shape index (κ2) is 10.6. The van der Waals surface area contributed by atoms with Gasteiger partial charge in [-0.15, -0.1) is 0 Å². The van der Waals surface area contributed by atoms with Crippen LogP contribution in [0.5, 0.6) is 0 Å².